The molecule has 74 valence electrons. The Morgan fingerprint density at radius 2 is 2.14 bits per heavy atom. The highest BCUT2D eigenvalue weighted by Crippen LogP contribution is 2.25. The van der Waals surface area contributed by atoms with Crippen LogP contribution in [0.1, 0.15) is 24.3 Å². The molecule has 0 aromatic heterocycles. The standard InChI is InChI=1S/C11H12FNO/c12-10-6-2-1-4-8(10)9-5-3-7-13-11(9)14/h1-2,4,6,9H,3,5,7H2,(H,13,14). The second-order valence-corrected chi connectivity index (χ2v) is 3.51. The minimum Gasteiger partial charge on any atom is -0.356 e. The zero-order valence-electron chi connectivity index (χ0n) is 7.79. The van der Waals surface area contributed by atoms with Crippen LogP contribution < -0.4 is 5.32 Å². The molecule has 2 rings (SSSR count). The van der Waals surface area contributed by atoms with Gasteiger partial charge in [0.1, 0.15) is 5.82 Å². The van der Waals surface area contributed by atoms with Gasteiger partial charge in [-0.05, 0) is 18.9 Å². The Labute approximate surface area is 82.1 Å². The number of hydrogen-bond donors (Lipinski definition) is 1. The van der Waals surface area contributed by atoms with E-state index in [4.69, 9.17) is 0 Å². The third kappa shape index (κ3) is 1.62. The maximum atomic E-state index is 13.4. The first kappa shape index (κ1) is 9.19. The van der Waals surface area contributed by atoms with Crippen molar-refractivity contribution in [3.63, 3.8) is 0 Å². The summed E-state index contributed by atoms with van der Waals surface area (Å²) in [6, 6.07) is 6.49. The number of halogens is 1. The highest BCUT2D eigenvalue weighted by atomic mass is 19.1. The molecule has 14 heavy (non-hydrogen) atoms. The molecule has 1 saturated heterocycles. The molecule has 1 aliphatic rings. The smallest absolute Gasteiger partial charge is 0.227 e. The van der Waals surface area contributed by atoms with E-state index in [2.05, 4.69) is 5.32 Å². The Morgan fingerprint density at radius 3 is 2.86 bits per heavy atom. The van der Waals surface area contributed by atoms with Crippen LogP contribution in [0, 0.1) is 5.82 Å². The van der Waals surface area contributed by atoms with Gasteiger partial charge in [0.2, 0.25) is 5.91 Å². The zero-order chi connectivity index (χ0) is 9.97. The van der Waals surface area contributed by atoms with Gasteiger partial charge in [-0.25, -0.2) is 4.39 Å². The van der Waals surface area contributed by atoms with Crippen molar-refractivity contribution >= 4 is 5.91 Å². The molecule has 0 saturated carbocycles. The summed E-state index contributed by atoms with van der Waals surface area (Å²) in [5, 5.41) is 2.75. The molecule has 1 aliphatic heterocycles. The molecule has 3 heteroatoms. The van der Waals surface area contributed by atoms with Crippen LogP contribution in [-0.4, -0.2) is 12.5 Å². The van der Waals surface area contributed by atoms with Crippen LogP contribution in [0.3, 0.4) is 0 Å². The zero-order valence-corrected chi connectivity index (χ0v) is 7.79. The molecule has 1 heterocycles. The molecule has 0 radical (unpaired) electrons. The van der Waals surface area contributed by atoms with Crippen LogP contribution in [0.2, 0.25) is 0 Å². The van der Waals surface area contributed by atoms with Crippen LogP contribution >= 0.6 is 0 Å². The lowest BCUT2D eigenvalue weighted by molar-refractivity contribution is -0.123. The average Bonchev–Trinajstić information content (AvgIpc) is 2.20. The van der Waals surface area contributed by atoms with Crippen molar-refractivity contribution in [1.82, 2.24) is 5.32 Å². The Hall–Kier alpha value is -1.38. The largest absolute Gasteiger partial charge is 0.356 e. The van der Waals surface area contributed by atoms with Crippen molar-refractivity contribution in [1.29, 1.82) is 0 Å². The number of amides is 1. The minimum absolute atomic E-state index is 0.0543. The quantitative estimate of drug-likeness (QED) is 0.724. The Bertz CT molecular complexity index is 351. The van der Waals surface area contributed by atoms with Crippen molar-refractivity contribution in [3.8, 4) is 0 Å². The van der Waals surface area contributed by atoms with E-state index in [0.29, 0.717) is 12.1 Å². The van der Waals surface area contributed by atoms with Gasteiger partial charge in [0.05, 0.1) is 5.92 Å². The van der Waals surface area contributed by atoms with Crippen molar-refractivity contribution in [3.05, 3.63) is 35.6 Å². The van der Waals surface area contributed by atoms with Crippen LogP contribution in [-0.2, 0) is 4.79 Å². The normalized spacial score (nSPS) is 21.8. The lowest BCUT2D eigenvalue weighted by Crippen LogP contribution is -2.35. The summed E-state index contributed by atoms with van der Waals surface area (Å²) in [5.74, 6) is -0.638. The highest BCUT2D eigenvalue weighted by molar-refractivity contribution is 5.84. The number of rotatable bonds is 1. The first-order chi connectivity index (χ1) is 6.79. The van der Waals surface area contributed by atoms with E-state index >= 15 is 0 Å². The predicted octanol–water partition coefficient (Wildman–Crippen LogP) is 1.82. The predicted molar refractivity (Wildman–Crippen MR) is 51.4 cm³/mol. The topological polar surface area (TPSA) is 29.1 Å². The fraction of sp³-hybridized carbons (Fsp3) is 0.364. The van der Waals surface area contributed by atoms with Gasteiger partial charge in [-0.1, -0.05) is 18.2 Å². The second kappa shape index (κ2) is 3.78. The Balaban J connectivity index is 2.29. The third-order valence-corrected chi connectivity index (χ3v) is 2.57. The fourth-order valence-corrected chi connectivity index (χ4v) is 1.83. The monoisotopic (exact) mass is 193 g/mol. The first-order valence-electron chi connectivity index (χ1n) is 4.81. The van der Waals surface area contributed by atoms with Gasteiger partial charge in [0, 0.05) is 12.1 Å². The molecule has 2 nitrogen and oxygen atoms in total. The molecule has 1 amide bonds. The van der Waals surface area contributed by atoms with E-state index < -0.39 is 0 Å². The molecule has 1 aromatic rings. The summed E-state index contributed by atoms with van der Waals surface area (Å²) < 4.78 is 13.4. The van der Waals surface area contributed by atoms with E-state index in [-0.39, 0.29) is 17.6 Å². The van der Waals surface area contributed by atoms with E-state index in [1.807, 2.05) is 0 Å². The van der Waals surface area contributed by atoms with Crippen LogP contribution in [0.15, 0.2) is 24.3 Å². The van der Waals surface area contributed by atoms with Gasteiger partial charge in [-0.2, -0.15) is 0 Å². The first-order valence-corrected chi connectivity index (χ1v) is 4.81. The minimum atomic E-state index is -0.301. The van der Waals surface area contributed by atoms with Gasteiger partial charge >= 0.3 is 0 Å². The molecule has 1 N–H and O–H groups in total. The highest BCUT2D eigenvalue weighted by Gasteiger charge is 2.25. The Kier molecular flexibility index (Phi) is 2.48. The van der Waals surface area contributed by atoms with Gasteiger partial charge in [-0.3, -0.25) is 4.79 Å². The maximum Gasteiger partial charge on any atom is 0.227 e. The Morgan fingerprint density at radius 1 is 1.36 bits per heavy atom. The number of benzene rings is 1. The number of nitrogens with one attached hydrogen (secondary N) is 1. The average molecular weight is 193 g/mol. The van der Waals surface area contributed by atoms with Crippen molar-refractivity contribution in [2.24, 2.45) is 0 Å². The van der Waals surface area contributed by atoms with Crippen molar-refractivity contribution in [2.75, 3.05) is 6.54 Å². The van der Waals surface area contributed by atoms with Crippen LogP contribution in [0.25, 0.3) is 0 Å². The summed E-state index contributed by atoms with van der Waals surface area (Å²) in [5.41, 5.74) is 0.518. The molecule has 0 bridgehead atoms. The summed E-state index contributed by atoms with van der Waals surface area (Å²) in [6.07, 6.45) is 1.66. The van der Waals surface area contributed by atoms with Crippen LogP contribution in [0.5, 0.6) is 0 Å². The summed E-state index contributed by atoms with van der Waals surface area (Å²) in [7, 11) is 0. The van der Waals surface area contributed by atoms with Gasteiger partial charge < -0.3 is 5.32 Å². The number of carbonyl (C=O) groups is 1. The van der Waals surface area contributed by atoms with Gasteiger partial charge in [-0.15, -0.1) is 0 Å². The second-order valence-electron chi connectivity index (χ2n) is 3.51. The maximum absolute atomic E-state index is 13.4. The molecule has 1 fully saturated rings. The third-order valence-electron chi connectivity index (χ3n) is 2.57. The molecular weight excluding hydrogens is 181 g/mol. The van der Waals surface area contributed by atoms with Gasteiger partial charge in [0.25, 0.3) is 0 Å². The number of hydrogen-bond acceptors (Lipinski definition) is 1. The van der Waals surface area contributed by atoms with Gasteiger partial charge in [0.15, 0.2) is 0 Å². The summed E-state index contributed by atoms with van der Waals surface area (Å²) in [4.78, 5) is 11.5. The molecule has 1 atom stereocenters. The summed E-state index contributed by atoms with van der Waals surface area (Å²) >= 11 is 0. The SMILES string of the molecule is O=C1NCCCC1c1ccccc1F. The van der Waals surface area contributed by atoms with E-state index in [9.17, 15) is 9.18 Å². The molecule has 1 aromatic carbocycles. The van der Waals surface area contributed by atoms with Crippen molar-refractivity contribution < 1.29 is 9.18 Å². The molecule has 0 spiro atoms. The van der Waals surface area contributed by atoms with E-state index in [1.54, 1.807) is 18.2 Å². The van der Waals surface area contributed by atoms with Crippen molar-refractivity contribution in [2.45, 2.75) is 18.8 Å². The lowest BCUT2D eigenvalue weighted by Gasteiger charge is -2.22. The fourth-order valence-electron chi connectivity index (χ4n) is 1.83. The lowest BCUT2D eigenvalue weighted by atomic mass is 9.90. The number of carbonyl (C=O) groups excluding carboxylic acids is 1. The molecular formula is C11H12FNO. The summed E-state index contributed by atoms with van der Waals surface area (Å²) in [6.45, 7) is 0.712. The molecule has 0 aliphatic carbocycles. The van der Waals surface area contributed by atoms with E-state index in [1.165, 1.54) is 6.07 Å². The van der Waals surface area contributed by atoms with E-state index in [0.717, 1.165) is 12.8 Å². The number of piperidine rings is 1. The molecule has 1 unspecified atom stereocenters. The van der Waals surface area contributed by atoms with Crippen LogP contribution in [0.4, 0.5) is 4.39 Å².